The molecule has 0 aliphatic carbocycles. The van der Waals surface area contributed by atoms with E-state index in [-0.39, 0.29) is 11.6 Å². The summed E-state index contributed by atoms with van der Waals surface area (Å²) in [5.74, 6) is 0.647. The number of nitrogens with zero attached hydrogens (tertiary/aromatic N) is 1. The molecular weight excluding hydrogens is 370 g/mol. The van der Waals surface area contributed by atoms with E-state index in [4.69, 9.17) is 11.6 Å². The van der Waals surface area contributed by atoms with Crippen molar-refractivity contribution in [1.82, 2.24) is 9.97 Å². The lowest BCUT2D eigenvalue weighted by atomic mass is 9.97. The van der Waals surface area contributed by atoms with E-state index in [1.807, 2.05) is 12.1 Å². The molecule has 5 heteroatoms. The van der Waals surface area contributed by atoms with Crippen molar-refractivity contribution >= 4 is 22.5 Å². The Kier molecular flexibility index (Phi) is 5.24. The number of fused-ring (bicyclic) bond motifs is 1. The number of benzene rings is 3. The number of quaternary nitrogens is 1. The average molecular weight is 391 g/mol. The normalized spacial score (nSPS) is 12.4. The number of aromatic amines is 1. The summed E-state index contributed by atoms with van der Waals surface area (Å²) >= 11 is 6.08. The number of aromatic nitrogens is 2. The Hall–Kier alpha value is -2.95. The second-order valence-electron chi connectivity index (χ2n) is 6.95. The fraction of sp³-hybridized carbons (Fsp3) is 0.130. The summed E-state index contributed by atoms with van der Waals surface area (Å²) in [6.07, 6.45) is 0. The molecule has 4 aromatic rings. The average Bonchev–Trinajstić information content (AvgIpc) is 2.69. The highest BCUT2D eigenvalue weighted by Crippen LogP contribution is 2.19. The van der Waals surface area contributed by atoms with Crippen LogP contribution in [0.2, 0.25) is 5.02 Å². The number of hydrogen-bond donors (Lipinski definition) is 2. The van der Waals surface area contributed by atoms with Crippen LogP contribution in [0.15, 0.2) is 83.7 Å². The van der Waals surface area contributed by atoms with Gasteiger partial charge in [-0.05, 0) is 18.2 Å². The molecule has 140 valence electrons. The molecule has 3 aromatic carbocycles. The second kappa shape index (κ2) is 7.97. The van der Waals surface area contributed by atoms with Gasteiger partial charge in [-0.3, -0.25) is 4.79 Å². The minimum absolute atomic E-state index is 0.128. The van der Waals surface area contributed by atoms with Crippen LogP contribution >= 0.6 is 11.6 Å². The van der Waals surface area contributed by atoms with Crippen molar-refractivity contribution < 1.29 is 4.90 Å². The lowest BCUT2D eigenvalue weighted by Gasteiger charge is -2.25. The number of nitrogens with one attached hydrogen (secondary N) is 2. The smallest absolute Gasteiger partial charge is 0.258 e. The molecule has 0 spiro atoms. The van der Waals surface area contributed by atoms with Gasteiger partial charge < -0.3 is 9.88 Å². The predicted molar refractivity (Wildman–Crippen MR) is 113 cm³/mol. The molecule has 1 unspecified atom stereocenters. The van der Waals surface area contributed by atoms with Gasteiger partial charge in [0.25, 0.3) is 5.56 Å². The fourth-order valence-corrected chi connectivity index (χ4v) is 3.83. The highest BCUT2D eigenvalue weighted by Gasteiger charge is 2.24. The topological polar surface area (TPSA) is 50.2 Å². The van der Waals surface area contributed by atoms with Crippen LogP contribution in [-0.4, -0.2) is 17.0 Å². The van der Waals surface area contributed by atoms with Crippen molar-refractivity contribution in [2.45, 2.75) is 12.6 Å². The zero-order chi connectivity index (χ0) is 19.5. The van der Waals surface area contributed by atoms with E-state index in [2.05, 4.69) is 65.5 Å². The van der Waals surface area contributed by atoms with Crippen molar-refractivity contribution in [3.8, 4) is 0 Å². The van der Waals surface area contributed by atoms with Gasteiger partial charge in [0.1, 0.15) is 12.6 Å². The van der Waals surface area contributed by atoms with Crippen LogP contribution in [0.3, 0.4) is 0 Å². The SMILES string of the molecule is C[NH+](Cc1nc2cc(Cl)ccc2c(=O)[nH]1)C(c1ccccc1)c1ccccc1. The summed E-state index contributed by atoms with van der Waals surface area (Å²) in [5.41, 5.74) is 2.92. The van der Waals surface area contributed by atoms with Gasteiger partial charge in [0, 0.05) is 16.1 Å². The molecule has 1 atom stereocenters. The molecule has 1 aromatic heterocycles. The summed E-state index contributed by atoms with van der Waals surface area (Å²) in [7, 11) is 2.12. The van der Waals surface area contributed by atoms with E-state index < -0.39 is 0 Å². The quantitative estimate of drug-likeness (QED) is 0.549. The molecule has 0 saturated carbocycles. The molecule has 0 saturated heterocycles. The molecule has 28 heavy (non-hydrogen) atoms. The van der Waals surface area contributed by atoms with E-state index in [1.54, 1.807) is 18.2 Å². The Bertz CT molecular complexity index is 1100. The van der Waals surface area contributed by atoms with E-state index >= 15 is 0 Å². The summed E-state index contributed by atoms with van der Waals surface area (Å²) < 4.78 is 0. The molecule has 0 amide bonds. The van der Waals surface area contributed by atoms with Crippen LogP contribution in [0.4, 0.5) is 0 Å². The van der Waals surface area contributed by atoms with Crippen LogP contribution in [0.5, 0.6) is 0 Å². The van der Waals surface area contributed by atoms with Crippen molar-refractivity contribution in [1.29, 1.82) is 0 Å². The maximum Gasteiger partial charge on any atom is 0.258 e. The summed E-state index contributed by atoms with van der Waals surface area (Å²) in [5, 5.41) is 1.12. The largest absolute Gasteiger partial charge is 0.321 e. The van der Waals surface area contributed by atoms with Crippen molar-refractivity contribution in [3.63, 3.8) is 0 Å². The highest BCUT2D eigenvalue weighted by molar-refractivity contribution is 6.31. The second-order valence-corrected chi connectivity index (χ2v) is 7.39. The minimum atomic E-state index is -0.138. The number of H-pyrrole nitrogens is 1. The van der Waals surface area contributed by atoms with Crippen molar-refractivity contribution in [3.05, 3.63) is 111 Å². The number of rotatable bonds is 5. The molecule has 4 nitrogen and oxygen atoms in total. The molecule has 0 bridgehead atoms. The first-order valence-corrected chi connectivity index (χ1v) is 9.60. The fourth-order valence-electron chi connectivity index (χ4n) is 3.66. The first kappa shape index (κ1) is 18.4. The lowest BCUT2D eigenvalue weighted by molar-refractivity contribution is -0.920. The predicted octanol–water partition coefficient (Wildman–Crippen LogP) is 3.38. The van der Waals surface area contributed by atoms with E-state index in [0.29, 0.717) is 28.3 Å². The number of hydrogen-bond acceptors (Lipinski definition) is 2. The molecule has 0 fully saturated rings. The van der Waals surface area contributed by atoms with Gasteiger partial charge in [0.2, 0.25) is 0 Å². The van der Waals surface area contributed by atoms with Crippen LogP contribution in [-0.2, 0) is 6.54 Å². The third-order valence-corrected chi connectivity index (χ3v) is 5.16. The minimum Gasteiger partial charge on any atom is -0.321 e. The monoisotopic (exact) mass is 390 g/mol. The molecule has 4 rings (SSSR count). The van der Waals surface area contributed by atoms with Gasteiger partial charge in [-0.15, -0.1) is 0 Å². The Labute approximate surface area is 168 Å². The van der Waals surface area contributed by atoms with Gasteiger partial charge in [-0.25, -0.2) is 4.98 Å². The van der Waals surface area contributed by atoms with Gasteiger partial charge in [-0.1, -0.05) is 72.3 Å². The molecule has 1 heterocycles. The van der Waals surface area contributed by atoms with E-state index in [9.17, 15) is 4.79 Å². The van der Waals surface area contributed by atoms with Crippen molar-refractivity contribution in [2.24, 2.45) is 0 Å². The van der Waals surface area contributed by atoms with E-state index in [0.717, 1.165) is 0 Å². The van der Waals surface area contributed by atoms with Gasteiger partial charge >= 0.3 is 0 Å². The van der Waals surface area contributed by atoms with Crippen LogP contribution in [0, 0.1) is 0 Å². The van der Waals surface area contributed by atoms with Crippen LogP contribution in [0.25, 0.3) is 10.9 Å². The first-order valence-electron chi connectivity index (χ1n) is 9.22. The Morgan fingerprint density at radius 3 is 2.18 bits per heavy atom. The maximum atomic E-state index is 12.5. The van der Waals surface area contributed by atoms with Gasteiger partial charge in [-0.2, -0.15) is 0 Å². The first-order chi connectivity index (χ1) is 13.6. The number of halogens is 1. The maximum absolute atomic E-state index is 12.5. The molecule has 0 aliphatic rings. The third kappa shape index (κ3) is 3.84. The standard InChI is InChI=1S/C23H20ClN3O/c1-27(15-21-25-20-14-18(24)12-13-19(20)23(28)26-21)22(16-8-4-2-5-9-16)17-10-6-3-7-11-17/h2-14,22H,15H2,1H3,(H,25,26,28)/p+1. The Morgan fingerprint density at radius 1 is 0.964 bits per heavy atom. The lowest BCUT2D eigenvalue weighted by Crippen LogP contribution is -3.08. The molecule has 0 radical (unpaired) electrons. The zero-order valence-electron chi connectivity index (χ0n) is 15.5. The molecule has 2 N–H and O–H groups in total. The van der Waals surface area contributed by atoms with Crippen LogP contribution < -0.4 is 10.5 Å². The van der Waals surface area contributed by atoms with Gasteiger partial charge in [0.05, 0.1) is 18.0 Å². The summed E-state index contributed by atoms with van der Waals surface area (Å²) in [6.45, 7) is 0.576. The Balaban J connectivity index is 1.71. The molecule has 0 aliphatic heterocycles. The zero-order valence-corrected chi connectivity index (χ0v) is 16.3. The summed E-state index contributed by atoms with van der Waals surface area (Å²) in [4.78, 5) is 21.2. The van der Waals surface area contributed by atoms with E-state index in [1.165, 1.54) is 16.0 Å². The van der Waals surface area contributed by atoms with Crippen LogP contribution in [0.1, 0.15) is 23.0 Å². The molecular formula is C23H21ClN3O+. The summed E-state index contributed by atoms with van der Waals surface area (Å²) in [6, 6.07) is 26.1. The highest BCUT2D eigenvalue weighted by atomic mass is 35.5. The van der Waals surface area contributed by atoms with Crippen molar-refractivity contribution in [2.75, 3.05) is 7.05 Å². The Morgan fingerprint density at radius 2 is 1.57 bits per heavy atom. The third-order valence-electron chi connectivity index (χ3n) is 4.92. The van der Waals surface area contributed by atoms with Gasteiger partial charge in [0.15, 0.2) is 5.82 Å².